The molecule has 0 unspecified atom stereocenters. The van der Waals surface area contributed by atoms with Crippen LogP contribution >= 0.6 is 0 Å². The van der Waals surface area contributed by atoms with E-state index in [1.807, 2.05) is 0 Å². The van der Waals surface area contributed by atoms with E-state index in [1.54, 1.807) is 19.1 Å². The number of aromatic nitrogens is 2. The summed E-state index contributed by atoms with van der Waals surface area (Å²) in [5.41, 5.74) is 0.553. The first-order valence-electron chi connectivity index (χ1n) is 9.30. The highest BCUT2D eigenvalue weighted by molar-refractivity contribution is 5.77. The average Bonchev–Trinajstić information content (AvgIpc) is 3.08. The van der Waals surface area contributed by atoms with E-state index in [1.165, 1.54) is 12.3 Å². The number of carboxylic acid groups (broad SMARTS) is 1. The van der Waals surface area contributed by atoms with Gasteiger partial charge in [-0.15, -0.1) is 0 Å². The Labute approximate surface area is 175 Å². The molecule has 1 atom stereocenters. The molecule has 8 nitrogen and oxygen atoms in total. The fourth-order valence-corrected chi connectivity index (χ4v) is 2.57. The fourth-order valence-electron chi connectivity index (χ4n) is 2.57. The second-order valence-electron chi connectivity index (χ2n) is 6.98. The molecule has 0 aliphatic rings. The number of rotatable bonds is 9. The molecule has 1 amide bonds. The third-order valence-corrected chi connectivity index (χ3v) is 4.06. The normalized spacial score (nSPS) is 12.5. The minimum absolute atomic E-state index is 0.0115. The lowest BCUT2D eigenvalue weighted by molar-refractivity contribution is 0.000868. The van der Waals surface area contributed by atoms with Gasteiger partial charge in [0.1, 0.15) is 23.6 Å². The number of halogens is 3. The molecule has 1 aromatic carbocycles. The number of oxazole rings is 1. The number of pyridine rings is 1. The third-order valence-electron chi connectivity index (χ3n) is 4.06. The quantitative estimate of drug-likeness (QED) is 0.506. The molecule has 31 heavy (non-hydrogen) atoms. The predicted octanol–water partition coefficient (Wildman–Crippen LogP) is 4.49. The Morgan fingerprint density at radius 3 is 2.74 bits per heavy atom. The van der Waals surface area contributed by atoms with Crippen molar-refractivity contribution in [3.8, 4) is 23.1 Å². The molecule has 11 heteroatoms. The molecule has 0 aliphatic carbocycles. The van der Waals surface area contributed by atoms with Crippen LogP contribution in [0.15, 0.2) is 34.9 Å². The molecular weight excluding hydrogens is 419 g/mol. The molecular formula is C20H20F3N3O5. The van der Waals surface area contributed by atoms with Crippen LogP contribution in [0.3, 0.4) is 0 Å². The van der Waals surface area contributed by atoms with Gasteiger partial charge in [0.05, 0.1) is 18.8 Å². The number of carbonyl (C=O) groups is 1. The fraction of sp³-hybridized carbons (Fsp3) is 0.350. The van der Waals surface area contributed by atoms with Gasteiger partial charge in [-0.05, 0) is 26.0 Å². The standard InChI is InChI=1S/C20H20F3N3O5/c1-11(25-19(27)28)10-30-13-7-14(21)17(24-9-13)18-26-15-4-3-12(8-16(15)31-18)29-6-5-20(2,22)23/h3-4,7-9,11,25H,5-6,10H2,1-2H3,(H,27,28)/t11-/m0/s1. The first-order chi connectivity index (χ1) is 14.6. The molecule has 0 radical (unpaired) electrons. The van der Waals surface area contributed by atoms with E-state index >= 15 is 0 Å². The first kappa shape index (κ1) is 22.2. The van der Waals surface area contributed by atoms with E-state index in [2.05, 4.69) is 15.3 Å². The minimum Gasteiger partial charge on any atom is -0.493 e. The highest BCUT2D eigenvalue weighted by Gasteiger charge is 2.21. The Hall–Kier alpha value is -3.50. The van der Waals surface area contributed by atoms with Crippen molar-refractivity contribution in [3.05, 3.63) is 36.3 Å². The van der Waals surface area contributed by atoms with Crippen LogP contribution in [0.1, 0.15) is 20.3 Å². The van der Waals surface area contributed by atoms with Crippen LogP contribution in [0.2, 0.25) is 0 Å². The molecule has 3 aromatic rings. The molecule has 0 saturated heterocycles. The summed E-state index contributed by atoms with van der Waals surface area (Å²) in [5.74, 6) is -3.21. The maximum absolute atomic E-state index is 14.5. The van der Waals surface area contributed by atoms with Crippen LogP contribution in [0.4, 0.5) is 18.0 Å². The van der Waals surface area contributed by atoms with Gasteiger partial charge in [0.15, 0.2) is 17.1 Å². The van der Waals surface area contributed by atoms with E-state index in [-0.39, 0.29) is 36.1 Å². The van der Waals surface area contributed by atoms with E-state index in [4.69, 9.17) is 19.0 Å². The average molecular weight is 439 g/mol. The van der Waals surface area contributed by atoms with E-state index in [9.17, 15) is 18.0 Å². The van der Waals surface area contributed by atoms with Crippen molar-refractivity contribution in [3.63, 3.8) is 0 Å². The molecule has 2 N–H and O–H groups in total. The third kappa shape index (κ3) is 6.24. The number of hydrogen-bond acceptors (Lipinski definition) is 6. The number of ether oxygens (including phenoxy) is 2. The number of alkyl halides is 2. The minimum atomic E-state index is -2.83. The van der Waals surface area contributed by atoms with Gasteiger partial charge < -0.3 is 24.3 Å². The topological polar surface area (TPSA) is 107 Å². The predicted molar refractivity (Wildman–Crippen MR) is 104 cm³/mol. The van der Waals surface area contributed by atoms with Gasteiger partial charge in [0.25, 0.3) is 0 Å². The summed E-state index contributed by atoms with van der Waals surface area (Å²) in [5, 5.41) is 10.9. The molecule has 0 aliphatic heterocycles. The highest BCUT2D eigenvalue weighted by atomic mass is 19.3. The Balaban J connectivity index is 1.70. The lowest BCUT2D eigenvalue weighted by atomic mass is 10.3. The van der Waals surface area contributed by atoms with Gasteiger partial charge in [-0.25, -0.2) is 27.9 Å². The molecule has 0 spiro atoms. The van der Waals surface area contributed by atoms with Crippen molar-refractivity contribution in [1.29, 1.82) is 0 Å². The number of nitrogens with one attached hydrogen (secondary N) is 1. The SMILES string of the molecule is C[C@@H](COc1cnc(-c2nc3ccc(OCCC(C)(F)F)cc3o2)c(F)c1)NC(=O)O. The maximum Gasteiger partial charge on any atom is 0.404 e. The van der Waals surface area contributed by atoms with Gasteiger partial charge in [0, 0.05) is 18.6 Å². The summed E-state index contributed by atoms with van der Waals surface area (Å²) in [4.78, 5) is 18.7. The summed E-state index contributed by atoms with van der Waals surface area (Å²) in [7, 11) is 0. The highest BCUT2D eigenvalue weighted by Crippen LogP contribution is 2.29. The number of amides is 1. The first-order valence-corrected chi connectivity index (χ1v) is 9.30. The Morgan fingerprint density at radius 2 is 2.06 bits per heavy atom. The molecule has 2 aromatic heterocycles. The second-order valence-corrected chi connectivity index (χ2v) is 6.98. The lowest BCUT2D eigenvalue weighted by Crippen LogP contribution is -2.35. The van der Waals surface area contributed by atoms with Crippen molar-refractivity contribution >= 4 is 17.2 Å². The zero-order valence-electron chi connectivity index (χ0n) is 16.7. The monoisotopic (exact) mass is 439 g/mol. The summed E-state index contributed by atoms with van der Waals surface area (Å²) in [6, 6.07) is 5.18. The number of benzene rings is 1. The molecule has 3 rings (SSSR count). The van der Waals surface area contributed by atoms with Crippen LogP contribution in [-0.4, -0.2) is 46.3 Å². The summed E-state index contributed by atoms with van der Waals surface area (Å²) >= 11 is 0. The Kier molecular flexibility index (Phi) is 6.52. The van der Waals surface area contributed by atoms with Crippen LogP contribution < -0.4 is 14.8 Å². The van der Waals surface area contributed by atoms with Crippen LogP contribution in [0.5, 0.6) is 11.5 Å². The van der Waals surface area contributed by atoms with Crippen molar-refractivity contribution in [2.24, 2.45) is 0 Å². The Morgan fingerprint density at radius 1 is 1.29 bits per heavy atom. The lowest BCUT2D eigenvalue weighted by Gasteiger charge is -2.12. The van der Waals surface area contributed by atoms with Gasteiger partial charge in [-0.1, -0.05) is 0 Å². The molecule has 0 bridgehead atoms. The Bertz CT molecular complexity index is 1070. The molecule has 0 saturated carbocycles. The van der Waals surface area contributed by atoms with Gasteiger partial charge >= 0.3 is 6.09 Å². The van der Waals surface area contributed by atoms with E-state index in [0.717, 1.165) is 13.0 Å². The molecule has 0 fully saturated rings. The summed E-state index contributed by atoms with van der Waals surface area (Å²) in [6.45, 7) is 2.22. The zero-order valence-corrected chi connectivity index (χ0v) is 16.7. The van der Waals surface area contributed by atoms with Gasteiger partial charge in [0.2, 0.25) is 11.8 Å². The van der Waals surface area contributed by atoms with Crippen molar-refractivity contribution in [1.82, 2.24) is 15.3 Å². The molecule has 166 valence electrons. The van der Waals surface area contributed by atoms with Crippen molar-refractivity contribution in [2.75, 3.05) is 13.2 Å². The van der Waals surface area contributed by atoms with Crippen molar-refractivity contribution < 1.29 is 37.0 Å². The largest absolute Gasteiger partial charge is 0.493 e. The number of fused-ring (bicyclic) bond motifs is 1. The van der Waals surface area contributed by atoms with E-state index < -0.39 is 30.3 Å². The van der Waals surface area contributed by atoms with Gasteiger partial charge in [-0.2, -0.15) is 0 Å². The van der Waals surface area contributed by atoms with Gasteiger partial charge in [-0.3, -0.25) is 0 Å². The second kappa shape index (κ2) is 9.11. The smallest absolute Gasteiger partial charge is 0.404 e. The van der Waals surface area contributed by atoms with Crippen LogP contribution in [0, 0.1) is 5.82 Å². The molecule has 2 heterocycles. The number of nitrogens with zero attached hydrogens (tertiary/aromatic N) is 2. The summed E-state index contributed by atoms with van der Waals surface area (Å²) in [6.07, 6.45) is -0.356. The maximum atomic E-state index is 14.5. The van der Waals surface area contributed by atoms with Crippen LogP contribution in [-0.2, 0) is 0 Å². The van der Waals surface area contributed by atoms with Crippen LogP contribution in [0.25, 0.3) is 22.7 Å². The summed E-state index contributed by atoms with van der Waals surface area (Å²) < 4.78 is 56.5. The zero-order chi connectivity index (χ0) is 22.6. The number of hydrogen-bond donors (Lipinski definition) is 2. The van der Waals surface area contributed by atoms with Crippen molar-refractivity contribution in [2.45, 2.75) is 32.2 Å². The van der Waals surface area contributed by atoms with E-state index in [0.29, 0.717) is 11.3 Å².